The summed E-state index contributed by atoms with van der Waals surface area (Å²) in [4.78, 5) is 13.0. The second-order valence-electron chi connectivity index (χ2n) is 7.57. The molecule has 1 aliphatic heterocycles. The molecular weight excluding hydrogens is 434 g/mol. The number of aliphatic hydroxyl groups is 3. The van der Waals surface area contributed by atoms with Crippen LogP contribution in [0.1, 0.15) is 11.8 Å². The van der Waals surface area contributed by atoms with Gasteiger partial charge in [-0.3, -0.25) is 4.57 Å². The van der Waals surface area contributed by atoms with Gasteiger partial charge in [0.2, 0.25) is 0 Å². The SMILES string of the molecule is COc1ccc2c(CCNc3ncnc4c3ncn4[C@@H]3O[C@H](CO)[C@@H](O)[C@H]3O)csc2c1. The highest BCUT2D eigenvalue weighted by atomic mass is 32.1. The topological polar surface area (TPSA) is 135 Å². The molecule has 168 valence electrons. The van der Waals surface area contributed by atoms with Gasteiger partial charge in [-0.1, -0.05) is 0 Å². The van der Waals surface area contributed by atoms with Crippen LogP contribution in [0.4, 0.5) is 5.82 Å². The first-order valence-corrected chi connectivity index (χ1v) is 11.1. The molecule has 0 spiro atoms. The van der Waals surface area contributed by atoms with Gasteiger partial charge in [0.1, 0.15) is 30.4 Å². The summed E-state index contributed by atoms with van der Waals surface area (Å²) in [5.41, 5.74) is 2.23. The van der Waals surface area contributed by atoms with Crippen molar-refractivity contribution in [2.24, 2.45) is 0 Å². The molecule has 1 saturated heterocycles. The van der Waals surface area contributed by atoms with E-state index in [0.29, 0.717) is 23.5 Å². The standard InChI is InChI=1S/C21H23N5O5S/c1-30-12-2-3-13-11(8-32-15(13)6-12)4-5-22-19-16-20(24-9-23-19)26(10-25-16)21-18(29)17(28)14(7-27)31-21/h2-3,6,8-10,14,17-18,21,27-29H,4-5,7H2,1H3,(H,22,23,24)/t14-,17-,18-,21-/m1/s1. The molecule has 3 aromatic heterocycles. The summed E-state index contributed by atoms with van der Waals surface area (Å²) in [5.74, 6) is 1.42. The number of fused-ring (bicyclic) bond motifs is 2. The quantitative estimate of drug-likeness (QED) is 0.324. The predicted molar refractivity (Wildman–Crippen MR) is 119 cm³/mol. The van der Waals surface area contributed by atoms with Gasteiger partial charge in [-0.05, 0) is 40.9 Å². The first-order valence-electron chi connectivity index (χ1n) is 10.2. The van der Waals surface area contributed by atoms with Crippen molar-refractivity contribution in [2.75, 3.05) is 25.6 Å². The van der Waals surface area contributed by atoms with E-state index in [1.807, 2.05) is 12.1 Å². The Hall–Kier alpha value is -2.83. The number of thiophene rings is 1. The zero-order valence-corrected chi connectivity index (χ0v) is 18.1. The van der Waals surface area contributed by atoms with Crippen LogP contribution < -0.4 is 10.1 Å². The summed E-state index contributed by atoms with van der Waals surface area (Å²) in [6.45, 7) is 0.248. The van der Waals surface area contributed by atoms with Gasteiger partial charge in [-0.15, -0.1) is 11.3 Å². The number of nitrogens with one attached hydrogen (secondary N) is 1. The molecule has 10 nitrogen and oxygen atoms in total. The van der Waals surface area contributed by atoms with Crippen molar-refractivity contribution in [3.63, 3.8) is 0 Å². The van der Waals surface area contributed by atoms with Crippen molar-refractivity contribution in [3.05, 3.63) is 41.8 Å². The number of ether oxygens (including phenoxy) is 2. The lowest BCUT2D eigenvalue weighted by atomic mass is 10.1. The maximum atomic E-state index is 10.3. The highest BCUT2D eigenvalue weighted by molar-refractivity contribution is 7.17. The van der Waals surface area contributed by atoms with E-state index in [9.17, 15) is 15.3 Å². The number of anilines is 1. The van der Waals surface area contributed by atoms with Crippen LogP contribution in [-0.4, -0.2) is 73.4 Å². The minimum Gasteiger partial charge on any atom is -0.497 e. The van der Waals surface area contributed by atoms with Crippen LogP contribution in [0.2, 0.25) is 0 Å². The lowest BCUT2D eigenvalue weighted by molar-refractivity contribution is -0.0511. The lowest BCUT2D eigenvalue weighted by Crippen LogP contribution is -2.33. The van der Waals surface area contributed by atoms with Crippen LogP contribution in [-0.2, 0) is 11.2 Å². The molecule has 1 aliphatic rings. The zero-order valence-electron chi connectivity index (χ0n) is 17.3. The predicted octanol–water partition coefficient (Wildman–Crippen LogP) is 1.32. The molecule has 4 aromatic rings. The fourth-order valence-corrected chi connectivity index (χ4v) is 5.00. The number of imidazole rings is 1. The van der Waals surface area contributed by atoms with Crippen molar-refractivity contribution < 1.29 is 24.8 Å². The Labute approximate surface area is 187 Å². The first kappa shape index (κ1) is 21.0. The van der Waals surface area contributed by atoms with Crippen molar-refractivity contribution in [3.8, 4) is 5.75 Å². The Morgan fingerprint density at radius 1 is 1.22 bits per heavy atom. The summed E-state index contributed by atoms with van der Waals surface area (Å²) in [5, 5.41) is 36.4. The van der Waals surface area contributed by atoms with Gasteiger partial charge in [0.25, 0.3) is 0 Å². The molecule has 0 amide bonds. The van der Waals surface area contributed by atoms with Gasteiger partial charge in [-0.2, -0.15) is 0 Å². The van der Waals surface area contributed by atoms with Crippen LogP contribution in [0, 0.1) is 0 Å². The molecule has 1 fully saturated rings. The third-order valence-electron chi connectivity index (χ3n) is 5.70. The molecule has 1 aromatic carbocycles. The summed E-state index contributed by atoms with van der Waals surface area (Å²) in [6.07, 6.45) is -0.464. The second kappa shape index (κ2) is 8.60. The maximum Gasteiger partial charge on any atom is 0.167 e. The van der Waals surface area contributed by atoms with E-state index in [-0.39, 0.29) is 0 Å². The highest BCUT2D eigenvalue weighted by Crippen LogP contribution is 2.32. The number of benzene rings is 1. The normalized spacial score (nSPS) is 23.2. The largest absolute Gasteiger partial charge is 0.497 e. The number of aliphatic hydroxyl groups excluding tert-OH is 3. The summed E-state index contributed by atoms with van der Waals surface area (Å²) in [7, 11) is 1.66. The van der Waals surface area contributed by atoms with E-state index in [2.05, 4.69) is 31.7 Å². The highest BCUT2D eigenvalue weighted by Gasteiger charge is 2.44. The Balaban J connectivity index is 1.33. The van der Waals surface area contributed by atoms with Crippen molar-refractivity contribution in [1.29, 1.82) is 0 Å². The van der Waals surface area contributed by atoms with E-state index in [0.717, 1.165) is 12.2 Å². The van der Waals surface area contributed by atoms with Crippen LogP contribution in [0.15, 0.2) is 36.2 Å². The Morgan fingerprint density at radius 3 is 2.88 bits per heavy atom. The summed E-state index contributed by atoms with van der Waals surface area (Å²) in [6, 6.07) is 6.07. The van der Waals surface area contributed by atoms with Crippen molar-refractivity contribution in [1.82, 2.24) is 19.5 Å². The minimum atomic E-state index is -1.21. The van der Waals surface area contributed by atoms with Gasteiger partial charge in [0.05, 0.1) is 20.0 Å². The van der Waals surface area contributed by atoms with Crippen LogP contribution in [0.25, 0.3) is 21.3 Å². The first-order chi connectivity index (χ1) is 15.6. The van der Waals surface area contributed by atoms with E-state index in [1.54, 1.807) is 23.0 Å². The van der Waals surface area contributed by atoms with Gasteiger partial charge in [0.15, 0.2) is 23.2 Å². The smallest absolute Gasteiger partial charge is 0.167 e. The lowest BCUT2D eigenvalue weighted by Gasteiger charge is -2.16. The molecule has 0 saturated carbocycles. The molecule has 32 heavy (non-hydrogen) atoms. The molecule has 4 N–H and O–H groups in total. The minimum absolute atomic E-state index is 0.396. The maximum absolute atomic E-state index is 10.3. The molecule has 11 heteroatoms. The van der Waals surface area contributed by atoms with Crippen molar-refractivity contribution in [2.45, 2.75) is 31.0 Å². The molecule has 0 unspecified atom stereocenters. The van der Waals surface area contributed by atoms with Crippen LogP contribution >= 0.6 is 11.3 Å². The van der Waals surface area contributed by atoms with Gasteiger partial charge < -0.3 is 30.1 Å². The third-order valence-corrected chi connectivity index (χ3v) is 6.69. The Kier molecular flexibility index (Phi) is 5.66. The number of methoxy groups -OCH3 is 1. The molecule has 0 radical (unpaired) electrons. The van der Waals surface area contributed by atoms with E-state index in [1.165, 1.54) is 28.3 Å². The van der Waals surface area contributed by atoms with E-state index >= 15 is 0 Å². The third kappa shape index (κ3) is 3.57. The molecule has 4 atom stereocenters. The monoisotopic (exact) mass is 457 g/mol. The Bertz CT molecular complexity index is 1240. The molecule has 4 heterocycles. The molecule has 0 bridgehead atoms. The molecular formula is C21H23N5O5S. The van der Waals surface area contributed by atoms with E-state index < -0.39 is 31.1 Å². The Morgan fingerprint density at radius 2 is 2.09 bits per heavy atom. The number of aromatic nitrogens is 4. The van der Waals surface area contributed by atoms with Crippen LogP contribution in [0.5, 0.6) is 5.75 Å². The number of hydrogen-bond acceptors (Lipinski definition) is 10. The van der Waals surface area contributed by atoms with Gasteiger partial charge in [-0.25, -0.2) is 15.0 Å². The van der Waals surface area contributed by atoms with E-state index in [4.69, 9.17) is 9.47 Å². The van der Waals surface area contributed by atoms with Gasteiger partial charge >= 0.3 is 0 Å². The fourth-order valence-electron chi connectivity index (χ4n) is 3.98. The number of hydrogen-bond donors (Lipinski definition) is 4. The van der Waals surface area contributed by atoms with Gasteiger partial charge in [0, 0.05) is 11.2 Å². The average Bonchev–Trinajstić information content (AvgIpc) is 3.50. The number of rotatable bonds is 7. The second-order valence-corrected chi connectivity index (χ2v) is 8.49. The van der Waals surface area contributed by atoms with Crippen molar-refractivity contribution >= 4 is 38.4 Å². The summed E-state index contributed by atoms with van der Waals surface area (Å²) >= 11 is 1.69. The summed E-state index contributed by atoms with van der Waals surface area (Å²) < 4.78 is 13.6. The molecule has 5 rings (SSSR count). The van der Waals surface area contributed by atoms with Crippen LogP contribution in [0.3, 0.4) is 0 Å². The zero-order chi connectivity index (χ0) is 22.2. The fraction of sp³-hybridized carbons (Fsp3) is 0.381. The molecule has 0 aliphatic carbocycles. The number of nitrogens with zero attached hydrogens (tertiary/aromatic N) is 4. The average molecular weight is 458 g/mol.